The van der Waals surface area contributed by atoms with E-state index in [2.05, 4.69) is 15.5 Å². The Hall–Kier alpha value is -2.89. The zero-order valence-electron chi connectivity index (χ0n) is 18.4. The molecular weight excluding hydrogens is 502 g/mol. The first-order valence-electron chi connectivity index (χ1n) is 10.4. The maximum absolute atomic E-state index is 12.3. The largest absolute Gasteiger partial charge is 0.482 e. The van der Waals surface area contributed by atoms with E-state index in [1.54, 1.807) is 24.3 Å². The highest BCUT2D eigenvalue weighted by atomic mass is 35.5. The highest BCUT2D eigenvalue weighted by Crippen LogP contribution is 2.29. The first-order valence-corrected chi connectivity index (χ1v) is 12.5. The van der Waals surface area contributed by atoms with Gasteiger partial charge in [0.05, 0.1) is 5.75 Å². The fraction of sp³-hybridized carbons (Fsp3) is 0.318. The summed E-state index contributed by atoms with van der Waals surface area (Å²) in [6, 6.07) is 7.71. The van der Waals surface area contributed by atoms with Gasteiger partial charge in [-0.25, -0.2) is 4.79 Å². The number of thioether (sulfide) groups is 1. The number of nitrogens with one attached hydrogen (secondary N) is 1. The van der Waals surface area contributed by atoms with Gasteiger partial charge in [0, 0.05) is 17.0 Å². The number of carbonyl (C=O) groups is 2. The standard InChI is InChI=1S/C22H22ClN3O6S2/c1-3-13(4-2)20(29)24-21-25-26-22(34-21)33-12-16-9-17(27)18(10-30-16)32-19(28)11-31-15-7-5-14(23)6-8-15/h5-10,13H,3-4,11-12H2,1-2H3,(H,24,25,29). The van der Waals surface area contributed by atoms with Crippen LogP contribution < -0.4 is 20.2 Å². The summed E-state index contributed by atoms with van der Waals surface area (Å²) in [5, 5.41) is 11.7. The second-order valence-electron chi connectivity index (χ2n) is 6.96. The lowest BCUT2D eigenvalue weighted by Crippen LogP contribution is -2.21. The molecule has 2 aromatic heterocycles. The van der Waals surface area contributed by atoms with Gasteiger partial charge >= 0.3 is 5.97 Å². The molecule has 0 aliphatic heterocycles. The molecule has 12 heteroatoms. The molecule has 0 saturated heterocycles. The van der Waals surface area contributed by atoms with Gasteiger partial charge in [-0.05, 0) is 37.1 Å². The monoisotopic (exact) mass is 523 g/mol. The molecule has 0 unspecified atom stereocenters. The van der Waals surface area contributed by atoms with E-state index in [0.717, 1.165) is 19.1 Å². The van der Waals surface area contributed by atoms with E-state index in [-0.39, 0.29) is 24.2 Å². The van der Waals surface area contributed by atoms with Crippen molar-refractivity contribution in [3.63, 3.8) is 0 Å². The third-order valence-corrected chi connectivity index (χ3v) is 6.82. The number of hydrogen-bond acceptors (Lipinski definition) is 10. The molecule has 0 bridgehead atoms. The summed E-state index contributed by atoms with van der Waals surface area (Å²) in [6.07, 6.45) is 2.59. The van der Waals surface area contributed by atoms with Crippen molar-refractivity contribution in [2.24, 2.45) is 5.92 Å². The molecule has 0 aliphatic carbocycles. The lowest BCUT2D eigenvalue weighted by atomic mass is 10.0. The fourth-order valence-corrected chi connectivity index (χ4v) is 4.50. The van der Waals surface area contributed by atoms with Crippen molar-refractivity contribution in [1.29, 1.82) is 0 Å². The Bertz CT molecular complexity index is 1180. The molecule has 0 aliphatic rings. The third-order valence-electron chi connectivity index (χ3n) is 4.58. The molecule has 1 N–H and O–H groups in total. The number of halogens is 1. The van der Waals surface area contributed by atoms with Crippen LogP contribution >= 0.6 is 34.7 Å². The Morgan fingerprint density at radius 3 is 2.62 bits per heavy atom. The van der Waals surface area contributed by atoms with Crippen molar-refractivity contribution in [2.45, 2.75) is 36.8 Å². The summed E-state index contributed by atoms with van der Waals surface area (Å²) in [4.78, 5) is 36.4. The molecule has 0 spiro atoms. The summed E-state index contributed by atoms with van der Waals surface area (Å²) in [5.74, 6) is -0.0147. The van der Waals surface area contributed by atoms with Gasteiger partial charge in [0.2, 0.25) is 22.2 Å². The number of carbonyl (C=O) groups excluding carboxylic acids is 2. The van der Waals surface area contributed by atoms with Gasteiger partial charge in [-0.15, -0.1) is 10.2 Å². The zero-order chi connectivity index (χ0) is 24.5. The van der Waals surface area contributed by atoms with Gasteiger partial charge in [-0.1, -0.05) is 48.5 Å². The summed E-state index contributed by atoms with van der Waals surface area (Å²) >= 11 is 8.33. The predicted octanol–water partition coefficient (Wildman–Crippen LogP) is 4.80. The minimum absolute atomic E-state index is 0.0640. The highest BCUT2D eigenvalue weighted by molar-refractivity contribution is 8.00. The Kier molecular flexibility index (Phi) is 9.49. The molecule has 0 saturated carbocycles. The lowest BCUT2D eigenvalue weighted by molar-refractivity contribution is -0.136. The quantitative estimate of drug-likeness (QED) is 0.214. The first kappa shape index (κ1) is 25.7. The fourth-order valence-electron chi connectivity index (χ4n) is 2.73. The highest BCUT2D eigenvalue weighted by Gasteiger charge is 2.17. The smallest absolute Gasteiger partial charge is 0.349 e. The molecule has 34 heavy (non-hydrogen) atoms. The second kappa shape index (κ2) is 12.5. The van der Waals surface area contributed by atoms with Crippen LogP contribution in [0, 0.1) is 5.92 Å². The number of rotatable bonds is 11. The van der Waals surface area contributed by atoms with Crippen molar-refractivity contribution in [3.8, 4) is 11.5 Å². The number of benzene rings is 1. The van der Waals surface area contributed by atoms with Crippen LogP contribution in [-0.4, -0.2) is 28.7 Å². The molecule has 1 aromatic carbocycles. The van der Waals surface area contributed by atoms with Crippen LogP contribution in [0.25, 0.3) is 0 Å². The van der Waals surface area contributed by atoms with Gasteiger partial charge in [0.25, 0.3) is 0 Å². The number of anilines is 1. The molecule has 2 heterocycles. The maximum atomic E-state index is 12.3. The maximum Gasteiger partial charge on any atom is 0.349 e. The number of esters is 1. The molecule has 0 radical (unpaired) electrons. The van der Waals surface area contributed by atoms with Gasteiger partial charge in [-0.2, -0.15) is 0 Å². The van der Waals surface area contributed by atoms with Crippen molar-refractivity contribution >= 4 is 51.7 Å². The SMILES string of the molecule is CCC(CC)C(=O)Nc1nnc(SCc2cc(=O)c(OC(=O)COc3ccc(Cl)cc3)co2)s1. The van der Waals surface area contributed by atoms with Crippen LogP contribution in [0.15, 0.2) is 50.1 Å². The molecular formula is C22H22ClN3O6S2. The van der Waals surface area contributed by atoms with Crippen LogP contribution in [0.4, 0.5) is 5.13 Å². The Labute approximate surface area is 208 Å². The minimum Gasteiger partial charge on any atom is -0.482 e. The van der Waals surface area contributed by atoms with Crippen LogP contribution in [0.3, 0.4) is 0 Å². The van der Waals surface area contributed by atoms with Crippen LogP contribution in [0.1, 0.15) is 32.4 Å². The van der Waals surface area contributed by atoms with E-state index in [1.807, 2.05) is 13.8 Å². The van der Waals surface area contributed by atoms with Crippen LogP contribution in [-0.2, 0) is 15.3 Å². The summed E-state index contributed by atoms with van der Waals surface area (Å²) < 4.78 is 16.3. The molecule has 0 fully saturated rings. The topological polar surface area (TPSA) is 121 Å². The lowest BCUT2D eigenvalue weighted by Gasteiger charge is -2.09. The van der Waals surface area contributed by atoms with Crippen molar-refractivity contribution < 1.29 is 23.5 Å². The summed E-state index contributed by atoms with van der Waals surface area (Å²) in [6.45, 7) is 3.54. The number of nitrogens with zero attached hydrogens (tertiary/aromatic N) is 2. The number of hydrogen-bond donors (Lipinski definition) is 1. The summed E-state index contributed by atoms with van der Waals surface area (Å²) in [5.41, 5.74) is -0.503. The van der Waals surface area contributed by atoms with Gasteiger partial charge < -0.3 is 19.2 Å². The van der Waals surface area contributed by atoms with E-state index < -0.39 is 11.4 Å². The van der Waals surface area contributed by atoms with Gasteiger partial charge in [-0.3, -0.25) is 9.59 Å². The molecule has 3 rings (SSSR count). The van der Waals surface area contributed by atoms with Crippen LogP contribution in [0.5, 0.6) is 11.5 Å². The molecule has 1 amide bonds. The average molecular weight is 524 g/mol. The summed E-state index contributed by atoms with van der Waals surface area (Å²) in [7, 11) is 0. The van der Waals surface area contributed by atoms with E-state index >= 15 is 0 Å². The van der Waals surface area contributed by atoms with E-state index in [0.29, 0.717) is 31.8 Å². The number of amides is 1. The van der Waals surface area contributed by atoms with E-state index in [1.165, 1.54) is 29.2 Å². The first-order chi connectivity index (χ1) is 16.4. The normalized spacial score (nSPS) is 10.8. The molecule has 180 valence electrons. The van der Waals surface area contributed by atoms with Gasteiger partial charge in [0.15, 0.2) is 10.9 Å². The third kappa shape index (κ3) is 7.57. The van der Waals surface area contributed by atoms with E-state index in [9.17, 15) is 14.4 Å². The second-order valence-corrected chi connectivity index (χ2v) is 9.59. The molecule has 9 nitrogen and oxygen atoms in total. The average Bonchev–Trinajstić information content (AvgIpc) is 3.27. The van der Waals surface area contributed by atoms with Gasteiger partial charge in [0.1, 0.15) is 17.8 Å². The zero-order valence-corrected chi connectivity index (χ0v) is 20.8. The van der Waals surface area contributed by atoms with Crippen molar-refractivity contribution in [2.75, 3.05) is 11.9 Å². The number of ether oxygens (including phenoxy) is 2. The van der Waals surface area contributed by atoms with Crippen molar-refractivity contribution in [1.82, 2.24) is 10.2 Å². The van der Waals surface area contributed by atoms with Crippen molar-refractivity contribution in [3.05, 3.63) is 57.6 Å². The molecule has 3 aromatic rings. The van der Waals surface area contributed by atoms with Crippen LogP contribution in [0.2, 0.25) is 5.02 Å². The molecule has 0 atom stereocenters. The minimum atomic E-state index is -0.749. The van der Waals surface area contributed by atoms with E-state index in [4.69, 9.17) is 25.5 Å². The number of aromatic nitrogens is 2. The Balaban J connectivity index is 1.49. The Morgan fingerprint density at radius 1 is 1.21 bits per heavy atom. The Morgan fingerprint density at radius 2 is 1.94 bits per heavy atom. The predicted molar refractivity (Wildman–Crippen MR) is 130 cm³/mol.